The summed E-state index contributed by atoms with van der Waals surface area (Å²) in [5.74, 6) is 4.41. The molecule has 220 valence electrons. The molecule has 2 bridgehead atoms. The number of hydrogen-bond acceptors (Lipinski definition) is 4. The summed E-state index contributed by atoms with van der Waals surface area (Å²) < 4.78 is 6.27. The molecule has 0 amide bonds. The quantitative estimate of drug-likeness (QED) is 0.272. The zero-order valence-corrected chi connectivity index (χ0v) is 25.9. The van der Waals surface area contributed by atoms with Gasteiger partial charge in [0.15, 0.2) is 0 Å². The zero-order valence-electron chi connectivity index (χ0n) is 25.9. The third-order valence-corrected chi connectivity index (χ3v) is 13.7. The Kier molecular flexibility index (Phi) is 7.57. The fraction of sp³-hybridized carbons (Fsp3) is 0.914. The lowest BCUT2D eigenvalue weighted by atomic mass is 9.44. The number of fused-ring (bicyclic) bond motifs is 8. The van der Waals surface area contributed by atoms with Crippen LogP contribution in [-0.4, -0.2) is 42.1 Å². The summed E-state index contributed by atoms with van der Waals surface area (Å²) >= 11 is 0. The molecule has 4 heteroatoms. The van der Waals surface area contributed by atoms with Crippen LogP contribution in [0.25, 0.3) is 0 Å². The highest BCUT2D eigenvalue weighted by atomic mass is 16.5. The van der Waals surface area contributed by atoms with Crippen LogP contribution in [0.3, 0.4) is 0 Å². The maximum atomic E-state index is 13.2. The molecule has 4 aliphatic carbocycles. The van der Waals surface area contributed by atoms with Crippen molar-refractivity contribution in [2.45, 2.75) is 130 Å². The van der Waals surface area contributed by atoms with Gasteiger partial charge in [0.1, 0.15) is 6.10 Å². The molecule has 2 unspecified atom stereocenters. The van der Waals surface area contributed by atoms with Crippen LogP contribution in [0.15, 0.2) is 11.6 Å². The number of esters is 1. The molecular formula is C35H58N2O2. The van der Waals surface area contributed by atoms with E-state index in [9.17, 15) is 4.79 Å². The second-order valence-electron chi connectivity index (χ2n) is 16.1. The standard InChI is InChI=1S/C35H58N2O2/c1-23(2)7-6-8-24(3)29-9-10-30-34(29,5)17-13-31-33(4)16-12-27(21-26(33)11-18-35(30,31)36)39-32(38)28-22-37-19-14-25(28)15-20-37/h11,23-25,27-31H,6-10,12-22,36H2,1-5H3/t24-,27+,28?,29-,30-,31-,33+,34-,35?/m1/s1. The fourth-order valence-corrected chi connectivity index (χ4v) is 11.5. The van der Waals surface area contributed by atoms with E-state index in [1.165, 1.54) is 70.9 Å². The van der Waals surface area contributed by atoms with Crippen molar-refractivity contribution in [1.82, 2.24) is 4.90 Å². The lowest BCUT2D eigenvalue weighted by Gasteiger charge is -2.63. The Hall–Kier alpha value is -0.870. The Morgan fingerprint density at radius 3 is 2.49 bits per heavy atom. The van der Waals surface area contributed by atoms with Crippen molar-refractivity contribution in [3.05, 3.63) is 11.6 Å². The molecular weight excluding hydrogens is 480 g/mol. The number of carbonyl (C=O) groups excluding carboxylic acids is 1. The van der Waals surface area contributed by atoms with E-state index in [0.717, 1.165) is 50.0 Å². The third kappa shape index (κ3) is 4.76. The van der Waals surface area contributed by atoms with E-state index in [1.54, 1.807) is 5.57 Å². The van der Waals surface area contributed by atoms with Gasteiger partial charge in [-0.1, -0.05) is 65.5 Å². The molecule has 39 heavy (non-hydrogen) atoms. The van der Waals surface area contributed by atoms with Gasteiger partial charge in [-0.15, -0.1) is 0 Å². The molecule has 6 fully saturated rings. The van der Waals surface area contributed by atoms with E-state index in [-0.39, 0.29) is 28.9 Å². The van der Waals surface area contributed by atoms with Gasteiger partial charge in [0.25, 0.3) is 0 Å². The first-order valence-corrected chi connectivity index (χ1v) is 17.0. The predicted molar refractivity (Wildman–Crippen MR) is 159 cm³/mol. The van der Waals surface area contributed by atoms with E-state index in [2.05, 4.69) is 45.6 Å². The van der Waals surface area contributed by atoms with Gasteiger partial charge in [-0.05, 0) is 117 Å². The normalized spacial score (nSPS) is 47.7. The lowest BCUT2D eigenvalue weighted by Crippen LogP contribution is -2.66. The number of nitrogens with two attached hydrogens (primary N) is 1. The Balaban J connectivity index is 1.13. The highest BCUT2D eigenvalue weighted by Crippen LogP contribution is 2.68. The summed E-state index contributed by atoms with van der Waals surface area (Å²) in [6, 6.07) is 0. The molecule has 0 radical (unpaired) electrons. The van der Waals surface area contributed by atoms with E-state index >= 15 is 0 Å². The monoisotopic (exact) mass is 538 g/mol. The van der Waals surface area contributed by atoms with Crippen molar-refractivity contribution in [3.8, 4) is 0 Å². The Bertz CT molecular complexity index is 952. The lowest BCUT2D eigenvalue weighted by molar-refractivity contribution is -0.163. The number of rotatable bonds is 7. The summed E-state index contributed by atoms with van der Waals surface area (Å²) in [5.41, 5.74) is 9.70. The van der Waals surface area contributed by atoms with Crippen LogP contribution in [0.4, 0.5) is 0 Å². The number of piperidine rings is 3. The minimum Gasteiger partial charge on any atom is -0.462 e. The molecule has 9 atom stereocenters. The molecule has 7 rings (SSSR count). The Morgan fingerprint density at radius 2 is 1.79 bits per heavy atom. The highest BCUT2D eigenvalue weighted by molar-refractivity contribution is 5.73. The third-order valence-electron chi connectivity index (χ3n) is 13.7. The number of hydrogen-bond donors (Lipinski definition) is 1. The average molecular weight is 539 g/mol. The summed E-state index contributed by atoms with van der Waals surface area (Å²) in [4.78, 5) is 15.7. The van der Waals surface area contributed by atoms with Gasteiger partial charge in [0.2, 0.25) is 0 Å². The van der Waals surface area contributed by atoms with Crippen molar-refractivity contribution < 1.29 is 9.53 Å². The van der Waals surface area contributed by atoms with Gasteiger partial charge in [-0.25, -0.2) is 0 Å². The molecule has 0 aromatic rings. The van der Waals surface area contributed by atoms with Crippen LogP contribution in [-0.2, 0) is 9.53 Å². The maximum Gasteiger partial charge on any atom is 0.310 e. The molecule has 3 saturated carbocycles. The first kappa shape index (κ1) is 28.3. The summed E-state index contributed by atoms with van der Waals surface area (Å²) in [5, 5.41) is 0. The van der Waals surface area contributed by atoms with Crippen LogP contribution in [0, 0.1) is 52.3 Å². The summed E-state index contributed by atoms with van der Waals surface area (Å²) in [6.45, 7) is 15.7. The van der Waals surface area contributed by atoms with Gasteiger partial charge >= 0.3 is 5.97 Å². The van der Waals surface area contributed by atoms with Crippen LogP contribution >= 0.6 is 0 Å². The van der Waals surface area contributed by atoms with Gasteiger partial charge in [0.05, 0.1) is 5.92 Å². The van der Waals surface area contributed by atoms with Crippen molar-refractivity contribution >= 4 is 5.97 Å². The van der Waals surface area contributed by atoms with Crippen molar-refractivity contribution in [2.24, 2.45) is 58.0 Å². The predicted octanol–water partition coefficient (Wildman–Crippen LogP) is 7.36. The first-order valence-electron chi connectivity index (χ1n) is 17.0. The Morgan fingerprint density at radius 1 is 1.03 bits per heavy atom. The molecule has 3 aliphatic heterocycles. The van der Waals surface area contributed by atoms with Gasteiger partial charge in [-0.2, -0.15) is 0 Å². The minimum absolute atomic E-state index is 0.0639. The van der Waals surface area contributed by atoms with E-state index in [1.807, 2.05) is 0 Å². The number of carbonyl (C=O) groups is 1. The minimum atomic E-state index is -0.0725. The van der Waals surface area contributed by atoms with Crippen molar-refractivity contribution in [1.29, 1.82) is 0 Å². The van der Waals surface area contributed by atoms with Crippen molar-refractivity contribution in [3.63, 3.8) is 0 Å². The molecule has 0 aromatic carbocycles. The average Bonchev–Trinajstić information content (AvgIpc) is 3.27. The SMILES string of the molecule is CC(C)CCC[C@@H](C)[C@H]1CC[C@H]2C3(N)CC=C4C[C@@H](OC(=O)C5CN6CCC5CC6)CC[C@]4(C)[C@H]3CC[C@]12C. The zero-order chi connectivity index (χ0) is 27.6. The van der Waals surface area contributed by atoms with Gasteiger partial charge < -0.3 is 15.4 Å². The number of ether oxygens (including phenoxy) is 1. The largest absolute Gasteiger partial charge is 0.462 e. The van der Waals surface area contributed by atoms with Crippen molar-refractivity contribution in [2.75, 3.05) is 19.6 Å². The molecule has 0 spiro atoms. The first-order chi connectivity index (χ1) is 18.5. The van der Waals surface area contributed by atoms with Crippen LogP contribution in [0.1, 0.15) is 118 Å². The molecule has 2 N–H and O–H groups in total. The van der Waals surface area contributed by atoms with E-state index in [0.29, 0.717) is 23.2 Å². The van der Waals surface area contributed by atoms with Crippen LogP contribution in [0.5, 0.6) is 0 Å². The smallest absolute Gasteiger partial charge is 0.310 e. The van der Waals surface area contributed by atoms with E-state index < -0.39 is 0 Å². The fourth-order valence-electron chi connectivity index (χ4n) is 11.5. The second kappa shape index (κ2) is 10.4. The van der Waals surface area contributed by atoms with Crippen LogP contribution < -0.4 is 5.73 Å². The molecule has 3 heterocycles. The number of nitrogens with zero attached hydrogens (tertiary/aromatic N) is 1. The molecule has 0 aromatic heterocycles. The molecule has 3 saturated heterocycles. The summed E-state index contributed by atoms with van der Waals surface area (Å²) in [6.07, 6.45) is 18.5. The molecule has 4 nitrogen and oxygen atoms in total. The second-order valence-corrected chi connectivity index (χ2v) is 16.1. The maximum absolute atomic E-state index is 13.2. The van der Waals surface area contributed by atoms with Gasteiger partial charge in [-0.3, -0.25) is 4.79 Å². The Labute approximate surface area is 239 Å². The van der Waals surface area contributed by atoms with Crippen LogP contribution in [0.2, 0.25) is 0 Å². The topological polar surface area (TPSA) is 55.6 Å². The molecule has 7 aliphatic rings. The summed E-state index contributed by atoms with van der Waals surface area (Å²) in [7, 11) is 0. The highest BCUT2D eigenvalue weighted by Gasteiger charge is 2.64. The van der Waals surface area contributed by atoms with E-state index in [4.69, 9.17) is 10.5 Å². The van der Waals surface area contributed by atoms with Gasteiger partial charge in [0, 0.05) is 18.5 Å².